The van der Waals surface area contributed by atoms with E-state index in [9.17, 15) is 9.59 Å². The number of benzene rings is 1. The number of carbonyl (C=O) groups excluding carboxylic acids is 2. The van der Waals surface area contributed by atoms with Gasteiger partial charge >= 0.3 is 0 Å². The van der Waals surface area contributed by atoms with Crippen molar-refractivity contribution in [3.63, 3.8) is 0 Å². The van der Waals surface area contributed by atoms with Crippen LogP contribution in [-0.2, 0) is 16.1 Å². The normalized spacial score (nSPS) is 20.0. The SMILES string of the molecule is CC1CC(C)CN(C(=O)Cn2c(SCC(=O)NC(C)C)nc3ccccc32)C1. The first-order chi connectivity index (χ1) is 13.3. The Kier molecular flexibility index (Phi) is 6.65. The fraction of sp³-hybridized carbons (Fsp3) is 0.571. The van der Waals surface area contributed by atoms with Gasteiger partial charge in [-0.3, -0.25) is 9.59 Å². The van der Waals surface area contributed by atoms with E-state index in [1.165, 1.54) is 18.2 Å². The molecule has 1 aromatic heterocycles. The maximum absolute atomic E-state index is 13.0. The number of hydrogen-bond acceptors (Lipinski definition) is 4. The van der Waals surface area contributed by atoms with Crippen LogP contribution in [0.15, 0.2) is 29.4 Å². The van der Waals surface area contributed by atoms with Crippen LogP contribution in [0.3, 0.4) is 0 Å². The number of nitrogens with zero attached hydrogens (tertiary/aromatic N) is 3. The number of fused-ring (bicyclic) bond motifs is 1. The van der Waals surface area contributed by atoms with E-state index < -0.39 is 0 Å². The number of nitrogens with one attached hydrogen (secondary N) is 1. The lowest BCUT2D eigenvalue weighted by Crippen LogP contribution is -2.44. The lowest BCUT2D eigenvalue weighted by molar-refractivity contribution is -0.134. The average Bonchev–Trinajstić information content (AvgIpc) is 2.96. The third kappa shape index (κ3) is 5.07. The topological polar surface area (TPSA) is 67.2 Å². The van der Waals surface area contributed by atoms with Gasteiger partial charge in [0.1, 0.15) is 6.54 Å². The molecule has 1 aromatic carbocycles. The van der Waals surface area contributed by atoms with Crippen LogP contribution in [0, 0.1) is 11.8 Å². The molecule has 1 aliphatic heterocycles. The molecule has 28 heavy (non-hydrogen) atoms. The van der Waals surface area contributed by atoms with Crippen molar-refractivity contribution in [2.45, 2.75) is 51.9 Å². The van der Waals surface area contributed by atoms with Crippen LogP contribution in [-0.4, -0.2) is 51.1 Å². The van der Waals surface area contributed by atoms with Crippen molar-refractivity contribution in [3.05, 3.63) is 24.3 Å². The van der Waals surface area contributed by atoms with Crippen molar-refractivity contribution < 1.29 is 9.59 Å². The van der Waals surface area contributed by atoms with Gasteiger partial charge in [-0.25, -0.2) is 4.98 Å². The molecule has 1 saturated heterocycles. The summed E-state index contributed by atoms with van der Waals surface area (Å²) in [5, 5.41) is 3.61. The zero-order chi connectivity index (χ0) is 20.3. The van der Waals surface area contributed by atoms with Gasteiger partial charge in [-0.1, -0.05) is 37.7 Å². The molecule has 0 bridgehead atoms. The number of carbonyl (C=O) groups is 2. The molecule has 0 saturated carbocycles. The van der Waals surface area contributed by atoms with Gasteiger partial charge in [-0.2, -0.15) is 0 Å². The minimum absolute atomic E-state index is 0.0244. The summed E-state index contributed by atoms with van der Waals surface area (Å²) < 4.78 is 1.95. The third-order valence-corrected chi connectivity index (χ3v) is 5.89. The van der Waals surface area contributed by atoms with Crippen LogP contribution in [0.25, 0.3) is 11.0 Å². The van der Waals surface area contributed by atoms with Gasteiger partial charge in [-0.05, 0) is 44.2 Å². The molecule has 7 heteroatoms. The minimum Gasteiger partial charge on any atom is -0.353 e. The van der Waals surface area contributed by atoms with E-state index >= 15 is 0 Å². The number of piperidine rings is 1. The Morgan fingerprint density at radius 1 is 1.21 bits per heavy atom. The van der Waals surface area contributed by atoms with Crippen molar-refractivity contribution in [2.75, 3.05) is 18.8 Å². The number of imidazole rings is 1. The molecule has 2 aromatic rings. The summed E-state index contributed by atoms with van der Waals surface area (Å²) >= 11 is 1.38. The van der Waals surface area contributed by atoms with E-state index in [2.05, 4.69) is 24.1 Å². The second kappa shape index (κ2) is 8.99. The quantitative estimate of drug-likeness (QED) is 0.754. The molecule has 2 amide bonds. The zero-order valence-corrected chi connectivity index (χ0v) is 18.0. The van der Waals surface area contributed by atoms with Crippen molar-refractivity contribution in [1.29, 1.82) is 0 Å². The van der Waals surface area contributed by atoms with E-state index in [0.717, 1.165) is 24.1 Å². The van der Waals surface area contributed by atoms with Crippen molar-refractivity contribution in [3.8, 4) is 0 Å². The van der Waals surface area contributed by atoms with Gasteiger partial charge in [0, 0.05) is 19.1 Å². The molecule has 2 heterocycles. The van der Waals surface area contributed by atoms with E-state index in [4.69, 9.17) is 0 Å². The number of rotatable bonds is 6. The van der Waals surface area contributed by atoms with E-state index in [-0.39, 0.29) is 30.2 Å². The number of amides is 2. The molecule has 3 rings (SSSR count). The highest BCUT2D eigenvalue weighted by Gasteiger charge is 2.26. The first-order valence-electron chi connectivity index (χ1n) is 9.98. The van der Waals surface area contributed by atoms with E-state index in [1.807, 2.05) is 47.6 Å². The fourth-order valence-corrected chi connectivity index (χ4v) is 4.74. The highest BCUT2D eigenvalue weighted by Crippen LogP contribution is 2.26. The second-order valence-electron chi connectivity index (χ2n) is 8.22. The summed E-state index contributed by atoms with van der Waals surface area (Å²) in [5.41, 5.74) is 1.78. The third-order valence-electron chi connectivity index (χ3n) is 4.92. The Labute approximate surface area is 171 Å². The molecule has 1 fully saturated rings. The highest BCUT2D eigenvalue weighted by molar-refractivity contribution is 7.99. The number of para-hydroxylation sites is 2. The first-order valence-corrected chi connectivity index (χ1v) is 11.0. The van der Waals surface area contributed by atoms with Crippen molar-refractivity contribution in [2.24, 2.45) is 11.8 Å². The molecular formula is C21H30N4O2S. The molecular weight excluding hydrogens is 372 g/mol. The van der Waals surface area contributed by atoms with E-state index in [0.29, 0.717) is 17.0 Å². The van der Waals surface area contributed by atoms with Gasteiger partial charge in [0.05, 0.1) is 16.8 Å². The van der Waals surface area contributed by atoms with Crippen molar-refractivity contribution >= 4 is 34.6 Å². The molecule has 0 radical (unpaired) electrons. The minimum atomic E-state index is -0.0244. The van der Waals surface area contributed by atoms with Crippen LogP contribution in [0.2, 0.25) is 0 Å². The Morgan fingerprint density at radius 3 is 2.57 bits per heavy atom. The maximum Gasteiger partial charge on any atom is 0.242 e. The molecule has 2 atom stereocenters. The smallest absolute Gasteiger partial charge is 0.242 e. The number of likely N-dealkylation sites (tertiary alicyclic amines) is 1. The predicted molar refractivity (Wildman–Crippen MR) is 113 cm³/mol. The summed E-state index contributed by atoms with van der Waals surface area (Å²) in [7, 11) is 0. The van der Waals surface area contributed by atoms with Gasteiger partial charge < -0.3 is 14.8 Å². The van der Waals surface area contributed by atoms with E-state index in [1.54, 1.807) is 0 Å². The van der Waals surface area contributed by atoms with Crippen LogP contribution in [0.5, 0.6) is 0 Å². The van der Waals surface area contributed by atoms with Gasteiger partial charge in [-0.15, -0.1) is 0 Å². The first kappa shape index (κ1) is 20.7. The Bertz CT molecular complexity index is 838. The lowest BCUT2D eigenvalue weighted by Gasteiger charge is -2.35. The summed E-state index contributed by atoms with van der Waals surface area (Å²) in [4.78, 5) is 31.7. The number of hydrogen-bond donors (Lipinski definition) is 1. The van der Waals surface area contributed by atoms with Gasteiger partial charge in [0.25, 0.3) is 0 Å². The fourth-order valence-electron chi connectivity index (χ4n) is 3.91. The summed E-state index contributed by atoms with van der Waals surface area (Å²) in [6.07, 6.45) is 1.17. The molecule has 152 valence electrons. The van der Waals surface area contributed by atoms with Crippen molar-refractivity contribution in [1.82, 2.24) is 19.8 Å². The van der Waals surface area contributed by atoms with Crippen LogP contribution in [0.4, 0.5) is 0 Å². The summed E-state index contributed by atoms with van der Waals surface area (Å²) in [6.45, 7) is 10.2. The maximum atomic E-state index is 13.0. The standard InChI is InChI=1S/C21H30N4O2S/c1-14(2)22-19(26)13-28-21-23-17-7-5-6-8-18(17)25(21)12-20(27)24-10-15(3)9-16(4)11-24/h5-8,14-16H,9-13H2,1-4H3,(H,22,26). The highest BCUT2D eigenvalue weighted by atomic mass is 32.2. The summed E-state index contributed by atoms with van der Waals surface area (Å²) in [5.74, 6) is 1.44. The molecule has 6 nitrogen and oxygen atoms in total. The largest absolute Gasteiger partial charge is 0.353 e. The van der Waals surface area contributed by atoms with Crippen LogP contribution in [0.1, 0.15) is 34.1 Å². The summed E-state index contributed by atoms with van der Waals surface area (Å²) in [6, 6.07) is 7.93. The van der Waals surface area contributed by atoms with Crippen LogP contribution >= 0.6 is 11.8 Å². The predicted octanol–water partition coefficient (Wildman–Crippen LogP) is 3.16. The van der Waals surface area contributed by atoms with Gasteiger partial charge in [0.2, 0.25) is 11.8 Å². The molecule has 1 N–H and O–H groups in total. The van der Waals surface area contributed by atoms with Crippen LogP contribution < -0.4 is 5.32 Å². The lowest BCUT2D eigenvalue weighted by atomic mass is 9.92. The molecule has 0 aliphatic carbocycles. The Hall–Kier alpha value is -2.02. The Balaban J connectivity index is 1.78. The molecule has 2 unspecified atom stereocenters. The number of aromatic nitrogens is 2. The Morgan fingerprint density at radius 2 is 1.89 bits per heavy atom. The average molecular weight is 403 g/mol. The molecule has 0 spiro atoms. The monoisotopic (exact) mass is 402 g/mol. The zero-order valence-electron chi connectivity index (χ0n) is 17.1. The number of thioether (sulfide) groups is 1. The second-order valence-corrected chi connectivity index (χ2v) is 9.17. The van der Waals surface area contributed by atoms with Gasteiger partial charge in [0.15, 0.2) is 5.16 Å². The molecule has 1 aliphatic rings.